The molecule has 0 spiro atoms. The standard InChI is InChI=1S/C9H7ClO/c1-6-5-7-3-2-4-8(10)9(7)11-6/h2-4H,1,5H2. The Balaban J connectivity index is 2.57. The molecule has 1 aromatic rings. The van der Waals surface area contributed by atoms with Gasteiger partial charge in [0.25, 0.3) is 0 Å². The van der Waals surface area contributed by atoms with Crippen molar-refractivity contribution in [2.45, 2.75) is 6.42 Å². The number of rotatable bonds is 0. The maximum Gasteiger partial charge on any atom is 0.149 e. The lowest BCUT2D eigenvalue weighted by atomic mass is 10.1. The summed E-state index contributed by atoms with van der Waals surface area (Å²) in [5.74, 6) is 1.55. The Morgan fingerprint density at radius 2 is 2.27 bits per heavy atom. The Kier molecular flexibility index (Phi) is 1.40. The molecule has 0 aliphatic carbocycles. The number of benzene rings is 1. The molecule has 1 nitrogen and oxygen atoms in total. The average molecular weight is 167 g/mol. The minimum atomic E-state index is 0.668. The van der Waals surface area contributed by atoms with Crippen LogP contribution in [0.1, 0.15) is 5.56 Å². The highest BCUT2D eigenvalue weighted by Gasteiger charge is 2.17. The molecular formula is C9H7ClO. The molecule has 0 unspecified atom stereocenters. The third-order valence-electron chi connectivity index (χ3n) is 1.68. The molecule has 56 valence electrons. The number of fused-ring (bicyclic) bond motifs is 1. The summed E-state index contributed by atoms with van der Waals surface area (Å²) in [5.41, 5.74) is 1.13. The SMILES string of the molecule is C=C1Cc2cccc(Cl)c2O1. The lowest BCUT2D eigenvalue weighted by Gasteiger charge is -1.98. The molecule has 0 radical (unpaired) electrons. The van der Waals surface area contributed by atoms with E-state index in [0.717, 1.165) is 23.5 Å². The summed E-state index contributed by atoms with van der Waals surface area (Å²) in [6.07, 6.45) is 0.788. The van der Waals surface area contributed by atoms with Gasteiger partial charge in [0.05, 0.1) is 5.02 Å². The first-order valence-corrected chi connectivity index (χ1v) is 3.78. The van der Waals surface area contributed by atoms with Gasteiger partial charge in [0.2, 0.25) is 0 Å². The summed E-state index contributed by atoms with van der Waals surface area (Å²) < 4.78 is 5.31. The fourth-order valence-corrected chi connectivity index (χ4v) is 1.43. The molecule has 0 fully saturated rings. The van der Waals surface area contributed by atoms with Gasteiger partial charge in [-0.3, -0.25) is 0 Å². The van der Waals surface area contributed by atoms with Gasteiger partial charge in [-0.2, -0.15) is 0 Å². The zero-order valence-corrected chi connectivity index (χ0v) is 6.69. The normalized spacial score (nSPS) is 14.5. The number of halogens is 1. The van der Waals surface area contributed by atoms with E-state index in [1.165, 1.54) is 0 Å². The molecule has 0 N–H and O–H groups in total. The number of ether oxygens (including phenoxy) is 1. The number of hydrogen-bond donors (Lipinski definition) is 0. The van der Waals surface area contributed by atoms with Crippen LogP contribution in [0.2, 0.25) is 5.02 Å². The first kappa shape index (κ1) is 6.74. The second-order valence-electron chi connectivity index (χ2n) is 2.55. The summed E-state index contributed by atoms with van der Waals surface area (Å²) in [5, 5.41) is 0.668. The minimum Gasteiger partial charge on any atom is -0.460 e. The number of para-hydroxylation sites is 1. The van der Waals surface area contributed by atoms with Crippen molar-refractivity contribution in [2.24, 2.45) is 0 Å². The van der Waals surface area contributed by atoms with Crippen LogP contribution in [0.4, 0.5) is 0 Å². The van der Waals surface area contributed by atoms with Crippen molar-refractivity contribution in [1.82, 2.24) is 0 Å². The Labute approximate surface area is 70.2 Å². The van der Waals surface area contributed by atoms with Crippen LogP contribution in [-0.4, -0.2) is 0 Å². The molecule has 0 atom stereocenters. The molecule has 0 bridgehead atoms. The monoisotopic (exact) mass is 166 g/mol. The quantitative estimate of drug-likeness (QED) is 0.576. The Bertz CT molecular complexity index is 317. The summed E-state index contributed by atoms with van der Waals surface area (Å²) >= 11 is 5.87. The van der Waals surface area contributed by atoms with Gasteiger partial charge in [0, 0.05) is 12.0 Å². The fourth-order valence-electron chi connectivity index (χ4n) is 1.20. The highest BCUT2D eigenvalue weighted by Crippen LogP contribution is 2.36. The lowest BCUT2D eigenvalue weighted by molar-refractivity contribution is 0.449. The van der Waals surface area contributed by atoms with E-state index in [9.17, 15) is 0 Å². The maximum atomic E-state index is 5.87. The van der Waals surface area contributed by atoms with Crippen LogP contribution in [0.5, 0.6) is 5.75 Å². The largest absolute Gasteiger partial charge is 0.460 e. The smallest absolute Gasteiger partial charge is 0.149 e. The molecule has 0 aromatic heterocycles. The van der Waals surface area contributed by atoms with Gasteiger partial charge in [0.1, 0.15) is 11.5 Å². The first-order chi connectivity index (χ1) is 5.27. The highest BCUT2D eigenvalue weighted by atomic mass is 35.5. The van der Waals surface area contributed by atoms with Crippen molar-refractivity contribution in [3.8, 4) is 5.75 Å². The summed E-state index contributed by atoms with van der Waals surface area (Å²) in [7, 11) is 0. The van der Waals surface area contributed by atoms with E-state index in [-0.39, 0.29) is 0 Å². The maximum absolute atomic E-state index is 5.87. The molecule has 0 saturated heterocycles. The molecule has 2 heteroatoms. The van der Waals surface area contributed by atoms with Crippen molar-refractivity contribution in [2.75, 3.05) is 0 Å². The Morgan fingerprint density at radius 1 is 1.45 bits per heavy atom. The predicted octanol–water partition coefficient (Wildman–Crippen LogP) is 2.79. The third kappa shape index (κ3) is 1.02. The second kappa shape index (κ2) is 2.28. The second-order valence-corrected chi connectivity index (χ2v) is 2.95. The van der Waals surface area contributed by atoms with Crippen molar-refractivity contribution >= 4 is 11.6 Å². The Hall–Kier alpha value is -0.950. The molecule has 11 heavy (non-hydrogen) atoms. The zero-order valence-electron chi connectivity index (χ0n) is 5.93. The molecule has 1 heterocycles. The highest BCUT2D eigenvalue weighted by molar-refractivity contribution is 6.32. The van der Waals surface area contributed by atoms with Crippen molar-refractivity contribution in [3.05, 3.63) is 41.1 Å². The van der Waals surface area contributed by atoms with Crippen LogP contribution in [0.15, 0.2) is 30.5 Å². The van der Waals surface area contributed by atoms with E-state index in [1.54, 1.807) is 0 Å². The van der Waals surface area contributed by atoms with E-state index in [4.69, 9.17) is 16.3 Å². The molecular weight excluding hydrogens is 160 g/mol. The van der Waals surface area contributed by atoms with E-state index in [1.807, 2.05) is 18.2 Å². The van der Waals surface area contributed by atoms with Crippen molar-refractivity contribution in [1.29, 1.82) is 0 Å². The topological polar surface area (TPSA) is 9.23 Å². The average Bonchev–Trinajstić information content (AvgIpc) is 2.31. The van der Waals surface area contributed by atoms with E-state index in [2.05, 4.69) is 6.58 Å². The summed E-state index contributed by atoms with van der Waals surface area (Å²) in [4.78, 5) is 0. The third-order valence-corrected chi connectivity index (χ3v) is 1.98. The molecule has 2 rings (SSSR count). The van der Waals surface area contributed by atoms with Crippen LogP contribution >= 0.6 is 11.6 Å². The fraction of sp³-hybridized carbons (Fsp3) is 0.111. The van der Waals surface area contributed by atoms with Gasteiger partial charge in [0.15, 0.2) is 0 Å². The van der Waals surface area contributed by atoms with Gasteiger partial charge in [-0.25, -0.2) is 0 Å². The van der Waals surface area contributed by atoms with Crippen LogP contribution in [0.3, 0.4) is 0 Å². The summed E-state index contributed by atoms with van der Waals surface area (Å²) in [6.45, 7) is 3.73. The van der Waals surface area contributed by atoms with Gasteiger partial charge < -0.3 is 4.74 Å². The van der Waals surface area contributed by atoms with E-state index in [0.29, 0.717) is 5.02 Å². The summed E-state index contributed by atoms with van der Waals surface area (Å²) in [6, 6.07) is 5.74. The van der Waals surface area contributed by atoms with Gasteiger partial charge in [-0.15, -0.1) is 0 Å². The van der Waals surface area contributed by atoms with Crippen molar-refractivity contribution in [3.63, 3.8) is 0 Å². The van der Waals surface area contributed by atoms with E-state index < -0.39 is 0 Å². The van der Waals surface area contributed by atoms with E-state index >= 15 is 0 Å². The van der Waals surface area contributed by atoms with Gasteiger partial charge in [-0.1, -0.05) is 30.3 Å². The minimum absolute atomic E-state index is 0.668. The Morgan fingerprint density at radius 3 is 3.00 bits per heavy atom. The van der Waals surface area contributed by atoms with Crippen molar-refractivity contribution < 1.29 is 4.74 Å². The van der Waals surface area contributed by atoms with Crippen LogP contribution in [0.25, 0.3) is 0 Å². The van der Waals surface area contributed by atoms with Crippen LogP contribution in [-0.2, 0) is 6.42 Å². The van der Waals surface area contributed by atoms with Gasteiger partial charge >= 0.3 is 0 Å². The molecule has 1 aliphatic heterocycles. The lowest BCUT2D eigenvalue weighted by Crippen LogP contribution is -1.82. The molecule has 0 saturated carbocycles. The first-order valence-electron chi connectivity index (χ1n) is 3.40. The molecule has 1 aliphatic rings. The number of hydrogen-bond acceptors (Lipinski definition) is 1. The molecule has 1 aromatic carbocycles. The predicted molar refractivity (Wildman–Crippen MR) is 44.9 cm³/mol. The van der Waals surface area contributed by atoms with Crippen LogP contribution < -0.4 is 4.74 Å². The van der Waals surface area contributed by atoms with Gasteiger partial charge in [-0.05, 0) is 6.07 Å². The number of allylic oxidation sites excluding steroid dienone is 1. The molecule has 0 amide bonds. The zero-order chi connectivity index (χ0) is 7.84. The van der Waals surface area contributed by atoms with Crippen LogP contribution in [0, 0.1) is 0 Å².